The minimum absolute atomic E-state index is 0. The fraction of sp³-hybridized carbons (Fsp3) is 0.750. The van der Waals surface area contributed by atoms with E-state index in [0.717, 1.165) is 5.57 Å². The van der Waals surface area contributed by atoms with Crippen LogP contribution in [0.25, 0.3) is 0 Å². The van der Waals surface area contributed by atoms with Crippen LogP contribution in [-0.4, -0.2) is 11.2 Å². The van der Waals surface area contributed by atoms with Gasteiger partial charge >= 0.3 is 0 Å². The van der Waals surface area contributed by atoms with Crippen molar-refractivity contribution in [1.29, 1.82) is 0 Å². The molecule has 11 heavy (non-hydrogen) atoms. The van der Waals surface area contributed by atoms with Gasteiger partial charge < -0.3 is 5.21 Å². The molecule has 1 atom stereocenters. The molecule has 2 N–H and O–H groups in total. The van der Waals surface area contributed by atoms with Crippen LogP contribution in [0.15, 0.2) is 12.2 Å². The summed E-state index contributed by atoms with van der Waals surface area (Å²) >= 11 is 0. The number of hydrogen-bond donors (Lipinski definition) is 2. The van der Waals surface area contributed by atoms with Gasteiger partial charge in [0.2, 0.25) is 0 Å². The summed E-state index contributed by atoms with van der Waals surface area (Å²) in [5, 5.41) is 8.72. The van der Waals surface area contributed by atoms with Crippen LogP contribution in [0.4, 0.5) is 0 Å². The van der Waals surface area contributed by atoms with Crippen molar-refractivity contribution >= 4 is 0 Å². The van der Waals surface area contributed by atoms with Gasteiger partial charge in [-0.05, 0) is 12.3 Å². The molecule has 0 unspecified atom stereocenters. The molecule has 3 heteroatoms. The second-order valence-corrected chi connectivity index (χ2v) is 3.77. The Labute approximate surface area is 82.4 Å². The Kier molecular flexibility index (Phi) is 6.27. The Balaban J connectivity index is -0.000000405. The maximum Gasteiger partial charge on any atom is 0.0572 e. The van der Waals surface area contributed by atoms with E-state index in [0.29, 0.717) is 0 Å². The molecule has 0 fully saturated rings. The minimum atomic E-state index is -0.0208. The molecule has 0 aliphatic heterocycles. The van der Waals surface area contributed by atoms with Crippen molar-refractivity contribution in [3.63, 3.8) is 0 Å². The van der Waals surface area contributed by atoms with E-state index in [9.17, 15) is 0 Å². The molecule has 0 spiro atoms. The molecular formula is C8H19NOV. The molecular weight excluding hydrogens is 177 g/mol. The summed E-state index contributed by atoms with van der Waals surface area (Å²) in [6.45, 7) is 11.8. The molecule has 0 aromatic heterocycles. The van der Waals surface area contributed by atoms with Crippen LogP contribution < -0.4 is 5.48 Å². The number of hydroxylamine groups is 1. The van der Waals surface area contributed by atoms with E-state index in [1.54, 1.807) is 0 Å². The van der Waals surface area contributed by atoms with Crippen molar-refractivity contribution < 1.29 is 25.2 Å². The van der Waals surface area contributed by atoms with E-state index in [4.69, 9.17) is 5.21 Å². The van der Waals surface area contributed by atoms with E-state index >= 15 is 0 Å². The third-order valence-electron chi connectivity index (χ3n) is 1.49. The molecule has 0 aromatic rings. The average molecular weight is 196 g/mol. The Morgan fingerprint density at radius 2 is 1.91 bits per heavy atom. The molecule has 1 radical (unpaired) electrons. The van der Waals surface area contributed by atoms with Crippen molar-refractivity contribution in [3.8, 4) is 0 Å². The summed E-state index contributed by atoms with van der Waals surface area (Å²) in [7, 11) is 0. The van der Waals surface area contributed by atoms with E-state index in [1.807, 2.05) is 6.92 Å². The quantitative estimate of drug-likeness (QED) is 0.524. The molecule has 0 aromatic carbocycles. The Morgan fingerprint density at radius 1 is 1.55 bits per heavy atom. The summed E-state index contributed by atoms with van der Waals surface area (Å²) in [6.07, 6.45) is 0. The van der Waals surface area contributed by atoms with Crippen LogP contribution in [0.3, 0.4) is 0 Å². The van der Waals surface area contributed by atoms with Gasteiger partial charge in [-0.3, -0.25) is 0 Å². The molecule has 0 amide bonds. The van der Waals surface area contributed by atoms with Gasteiger partial charge in [0.05, 0.1) is 6.04 Å². The Morgan fingerprint density at radius 3 is 1.91 bits per heavy atom. The van der Waals surface area contributed by atoms with Crippen LogP contribution in [-0.2, 0) is 18.6 Å². The normalized spacial score (nSPS) is 13.5. The van der Waals surface area contributed by atoms with E-state index in [1.165, 1.54) is 0 Å². The standard InChI is InChI=1S/C8H17NO.V.H2/c1-6(2)7(9-10)8(3,4)5;;/h7,9-10H,1H2,2-5H3;;1H/t7-;;/m1../s1. The van der Waals surface area contributed by atoms with E-state index in [2.05, 4.69) is 32.8 Å². The summed E-state index contributed by atoms with van der Waals surface area (Å²) < 4.78 is 0. The van der Waals surface area contributed by atoms with Gasteiger partial charge in [-0.15, -0.1) is 0 Å². The van der Waals surface area contributed by atoms with E-state index < -0.39 is 0 Å². The average Bonchev–Trinajstić information content (AvgIpc) is 1.60. The summed E-state index contributed by atoms with van der Waals surface area (Å²) in [4.78, 5) is 0. The predicted molar refractivity (Wildman–Crippen MR) is 45.1 cm³/mol. The third kappa shape index (κ3) is 4.64. The Hall–Kier alpha value is 0.244. The molecule has 0 heterocycles. The predicted octanol–water partition coefficient (Wildman–Crippen LogP) is 2.20. The van der Waals surface area contributed by atoms with E-state index in [-0.39, 0.29) is 31.4 Å². The van der Waals surface area contributed by atoms with Crippen molar-refractivity contribution in [2.24, 2.45) is 5.41 Å². The van der Waals surface area contributed by atoms with Crippen LogP contribution in [0.2, 0.25) is 0 Å². The topological polar surface area (TPSA) is 32.3 Å². The smallest absolute Gasteiger partial charge is 0.0572 e. The molecule has 0 bridgehead atoms. The first-order valence-corrected chi connectivity index (χ1v) is 3.44. The van der Waals surface area contributed by atoms with Gasteiger partial charge in [0.1, 0.15) is 0 Å². The molecule has 0 aliphatic rings. The van der Waals surface area contributed by atoms with Crippen molar-refractivity contribution in [3.05, 3.63) is 12.2 Å². The minimum Gasteiger partial charge on any atom is -0.316 e. The monoisotopic (exact) mass is 196 g/mol. The van der Waals surface area contributed by atoms with Crippen LogP contribution in [0.5, 0.6) is 0 Å². The first-order valence-electron chi connectivity index (χ1n) is 3.44. The maximum atomic E-state index is 8.72. The van der Waals surface area contributed by atoms with Gasteiger partial charge in [0.15, 0.2) is 0 Å². The largest absolute Gasteiger partial charge is 0.316 e. The number of rotatable bonds is 2. The first kappa shape index (κ1) is 13.8. The second-order valence-electron chi connectivity index (χ2n) is 3.77. The molecule has 0 rings (SSSR count). The molecule has 2 nitrogen and oxygen atoms in total. The third-order valence-corrected chi connectivity index (χ3v) is 1.49. The maximum absolute atomic E-state index is 8.72. The van der Waals surface area contributed by atoms with Gasteiger partial charge in [0.25, 0.3) is 0 Å². The van der Waals surface area contributed by atoms with Gasteiger partial charge in [-0.1, -0.05) is 32.9 Å². The first-order chi connectivity index (χ1) is 4.39. The zero-order valence-corrected chi connectivity index (χ0v) is 9.08. The zero-order valence-electron chi connectivity index (χ0n) is 7.68. The van der Waals surface area contributed by atoms with Crippen LogP contribution in [0.1, 0.15) is 29.1 Å². The molecule has 0 saturated carbocycles. The SMILES string of the molecule is C=C(C)[C@@H](NO)C(C)(C)C.[HH].[V]. The fourth-order valence-corrected chi connectivity index (χ4v) is 1.04. The van der Waals surface area contributed by atoms with Crippen LogP contribution >= 0.6 is 0 Å². The second kappa shape index (κ2) is 4.99. The Bertz CT molecular complexity index is 134. The molecule has 0 aliphatic carbocycles. The summed E-state index contributed by atoms with van der Waals surface area (Å²) in [5.41, 5.74) is 3.22. The van der Waals surface area contributed by atoms with Crippen LogP contribution in [0, 0.1) is 5.41 Å². The van der Waals surface area contributed by atoms with Gasteiger partial charge in [-0.25, -0.2) is 0 Å². The van der Waals surface area contributed by atoms with Gasteiger partial charge in [0, 0.05) is 20.0 Å². The van der Waals surface area contributed by atoms with Crippen molar-refractivity contribution in [2.75, 3.05) is 0 Å². The molecule has 0 saturated heterocycles. The van der Waals surface area contributed by atoms with Gasteiger partial charge in [-0.2, -0.15) is 5.48 Å². The zero-order chi connectivity index (χ0) is 8.36. The van der Waals surface area contributed by atoms with Crippen molar-refractivity contribution in [1.82, 2.24) is 5.48 Å². The molecule has 67 valence electrons. The fourth-order valence-electron chi connectivity index (χ4n) is 1.04. The number of nitrogens with one attached hydrogen (secondary N) is 1. The number of hydrogen-bond acceptors (Lipinski definition) is 2. The summed E-state index contributed by atoms with van der Waals surface area (Å²) in [5.74, 6) is 0. The summed E-state index contributed by atoms with van der Waals surface area (Å²) in [6, 6.07) is -0.0208. The van der Waals surface area contributed by atoms with Crippen molar-refractivity contribution in [2.45, 2.75) is 33.7 Å².